The van der Waals surface area contributed by atoms with Gasteiger partial charge < -0.3 is 4.90 Å². The van der Waals surface area contributed by atoms with Crippen molar-refractivity contribution >= 4 is 27.3 Å². The van der Waals surface area contributed by atoms with Gasteiger partial charge in [0, 0.05) is 25.3 Å². The number of aryl methyl sites for hydroxylation is 1. The monoisotopic (exact) mass is 364 g/mol. The van der Waals surface area contributed by atoms with Crippen molar-refractivity contribution < 1.29 is 8.42 Å². The molecule has 0 radical (unpaired) electrons. The van der Waals surface area contributed by atoms with Crippen LogP contribution in [0.15, 0.2) is 53.4 Å². The molecule has 4 nitrogen and oxygen atoms in total. The van der Waals surface area contributed by atoms with E-state index < -0.39 is 10.0 Å². The average Bonchev–Trinajstić information content (AvgIpc) is 3.03. The summed E-state index contributed by atoms with van der Waals surface area (Å²) in [5.41, 5.74) is 2.43. The van der Waals surface area contributed by atoms with E-state index in [1.807, 2.05) is 0 Å². The lowest BCUT2D eigenvalue weighted by Gasteiger charge is -2.19. The fraction of sp³-hybridized carbons (Fsp3) is 0.333. The highest BCUT2D eigenvalue weighted by molar-refractivity contribution is 7.89. The van der Waals surface area contributed by atoms with E-state index >= 15 is 0 Å². The molecular formula is C18H21ClN2O2S. The predicted octanol–water partition coefficient (Wildman–Crippen LogP) is 3.45. The maximum absolute atomic E-state index is 12.4. The summed E-state index contributed by atoms with van der Waals surface area (Å²) in [5.74, 6) is 0.295. The molecule has 0 aromatic heterocycles. The minimum atomic E-state index is -3.57. The molecule has 1 unspecified atom stereocenters. The van der Waals surface area contributed by atoms with Crippen LogP contribution in [0.5, 0.6) is 0 Å². The second kappa shape index (κ2) is 7.13. The molecule has 24 heavy (non-hydrogen) atoms. The van der Waals surface area contributed by atoms with Gasteiger partial charge in [-0.3, -0.25) is 0 Å². The Morgan fingerprint density at radius 3 is 2.58 bits per heavy atom. The number of nitrogens with one attached hydrogen (secondary N) is 1. The number of hydrogen-bond acceptors (Lipinski definition) is 3. The van der Waals surface area contributed by atoms with Crippen molar-refractivity contribution in [3.63, 3.8) is 0 Å². The van der Waals surface area contributed by atoms with Gasteiger partial charge >= 0.3 is 0 Å². The standard InChI is InChI=1S/C18H21ClN2O2S/c1-14-6-8-16(9-7-14)21-11-10-15(13-21)12-20-24(22,23)18-5-3-2-4-17(18)19/h2-9,15,20H,10-13H2,1H3. The highest BCUT2D eigenvalue weighted by Crippen LogP contribution is 2.25. The highest BCUT2D eigenvalue weighted by Gasteiger charge is 2.25. The Kier molecular flexibility index (Phi) is 5.13. The van der Waals surface area contributed by atoms with Crippen LogP contribution in [-0.2, 0) is 10.0 Å². The van der Waals surface area contributed by atoms with Crippen LogP contribution >= 0.6 is 11.6 Å². The summed E-state index contributed by atoms with van der Waals surface area (Å²) in [4.78, 5) is 2.44. The van der Waals surface area contributed by atoms with Crippen molar-refractivity contribution in [2.45, 2.75) is 18.2 Å². The Labute approximate surface area is 148 Å². The fourth-order valence-corrected chi connectivity index (χ4v) is 4.59. The first kappa shape index (κ1) is 17.3. The van der Waals surface area contributed by atoms with Gasteiger partial charge in [-0.25, -0.2) is 13.1 Å². The molecule has 1 fully saturated rings. The molecule has 1 aliphatic rings. The number of halogens is 1. The van der Waals surface area contributed by atoms with E-state index in [1.165, 1.54) is 17.3 Å². The molecule has 0 amide bonds. The number of benzene rings is 2. The van der Waals surface area contributed by atoms with E-state index in [4.69, 9.17) is 11.6 Å². The van der Waals surface area contributed by atoms with Gasteiger partial charge in [0.05, 0.1) is 5.02 Å². The van der Waals surface area contributed by atoms with Gasteiger partial charge in [-0.1, -0.05) is 41.4 Å². The Morgan fingerprint density at radius 1 is 1.17 bits per heavy atom. The summed E-state index contributed by atoms with van der Waals surface area (Å²) >= 11 is 5.99. The molecule has 2 aromatic rings. The van der Waals surface area contributed by atoms with Crippen LogP contribution in [0.4, 0.5) is 5.69 Å². The SMILES string of the molecule is Cc1ccc(N2CCC(CNS(=O)(=O)c3ccccc3Cl)C2)cc1. The van der Waals surface area contributed by atoms with Gasteiger partial charge in [0.15, 0.2) is 0 Å². The molecule has 1 aliphatic heterocycles. The summed E-state index contributed by atoms with van der Waals surface area (Å²) in [5, 5.41) is 0.248. The van der Waals surface area contributed by atoms with Crippen LogP contribution in [0.3, 0.4) is 0 Å². The van der Waals surface area contributed by atoms with Crippen molar-refractivity contribution in [1.29, 1.82) is 0 Å². The van der Waals surface area contributed by atoms with Crippen molar-refractivity contribution in [3.05, 3.63) is 59.1 Å². The molecule has 3 rings (SSSR count). The topological polar surface area (TPSA) is 49.4 Å². The highest BCUT2D eigenvalue weighted by atomic mass is 35.5. The quantitative estimate of drug-likeness (QED) is 0.884. The van der Waals surface area contributed by atoms with E-state index in [-0.39, 0.29) is 9.92 Å². The smallest absolute Gasteiger partial charge is 0.242 e. The van der Waals surface area contributed by atoms with E-state index in [1.54, 1.807) is 18.2 Å². The molecule has 128 valence electrons. The number of hydrogen-bond donors (Lipinski definition) is 1. The minimum Gasteiger partial charge on any atom is -0.371 e. The zero-order chi connectivity index (χ0) is 17.2. The molecule has 0 saturated carbocycles. The Hall–Kier alpha value is -1.56. The molecule has 1 heterocycles. The summed E-state index contributed by atoms with van der Waals surface area (Å²) in [6.45, 7) is 4.30. The van der Waals surface area contributed by atoms with Crippen LogP contribution in [-0.4, -0.2) is 28.1 Å². The first-order chi connectivity index (χ1) is 11.5. The number of rotatable bonds is 5. The third kappa shape index (κ3) is 3.91. The van der Waals surface area contributed by atoms with Crippen molar-refractivity contribution in [2.75, 3.05) is 24.5 Å². The van der Waals surface area contributed by atoms with Crippen LogP contribution in [0, 0.1) is 12.8 Å². The number of nitrogens with zero attached hydrogens (tertiary/aromatic N) is 1. The Bertz CT molecular complexity index is 806. The van der Waals surface area contributed by atoms with Gasteiger partial charge in [-0.15, -0.1) is 0 Å². The van der Waals surface area contributed by atoms with E-state index in [9.17, 15) is 8.42 Å². The lowest BCUT2D eigenvalue weighted by atomic mass is 10.1. The number of anilines is 1. The fourth-order valence-electron chi connectivity index (χ4n) is 2.96. The van der Waals surface area contributed by atoms with Crippen LogP contribution in [0.25, 0.3) is 0 Å². The zero-order valence-corrected chi connectivity index (χ0v) is 15.1. The van der Waals surface area contributed by atoms with Gasteiger partial charge in [0.2, 0.25) is 10.0 Å². The largest absolute Gasteiger partial charge is 0.371 e. The van der Waals surface area contributed by atoms with Crippen LogP contribution in [0.1, 0.15) is 12.0 Å². The van der Waals surface area contributed by atoms with Gasteiger partial charge in [-0.05, 0) is 43.5 Å². The minimum absolute atomic E-state index is 0.139. The zero-order valence-electron chi connectivity index (χ0n) is 13.6. The Morgan fingerprint density at radius 2 is 1.88 bits per heavy atom. The third-order valence-corrected chi connectivity index (χ3v) is 6.30. The molecule has 1 N–H and O–H groups in total. The van der Waals surface area contributed by atoms with E-state index in [0.29, 0.717) is 12.5 Å². The molecule has 1 atom stereocenters. The van der Waals surface area contributed by atoms with E-state index in [0.717, 1.165) is 19.5 Å². The number of sulfonamides is 1. The normalized spacial score (nSPS) is 18.1. The summed E-state index contributed by atoms with van der Waals surface area (Å²) in [6.07, 6.45) is 0.971. The van der Waals surface area contributed by atoms with E-state index in [2.05, 4.69) is 40.8 Å². The molecule has 2 aromatic carbocycles. The first-order valence-electron chi connectivity index (χ1n) is 8.01. The van der Waals surface area contributed by atoms with Crippen LogP contribution < -0.4 is 9.62 Å². The maximum atomic E-state index is 12.4. The second-order valence-electron chi connectivity index (χ2n) is 6.22. The van der Waals surface area contributed by atoms with Crippen molar-refractivity contribution in [1.82, 2.24) is 4.72 Å². The van der Waals surface area contributed by atoms with Crippen molar-refractivity contribution in [3.8, 4) is 0 Å². The molecule has 6 heteroatoms. The molecule has 0 spiro atoms. The average molecular weight is 365 g/mol. The molecule has 0 bridgehead atoms. The maximum Gasteiger partial charge on any atom is 0.242 e. The van der Waals surface area contributed by atoms with Crippen LogP contribution in [0.2, 0.25) is 5.02 Å². The van der Waals surface area contributed by atoms with Gasteiger partial charge in [-0.2, -0.15) is 0 Å². The molecular weight excluding hydrogens is 344 g/mol. The lowest BCUT2D eigenvalue weighted by Crippen LogP contribution is -2.31. The lowest BCUT2D eigenvalue weighted by molar-refractivity contribution is 0.541. The first-order valence-corrected chi connectivity index (χ1v) is 9.87. The summed E-state index contributed by atoms with van der Waals surface area (Å²) in [6, 6.07) is 14.9. The summed E-state index contributed by atoms with van der Waals surface area (Å²) < 4.78 is 27.5. The molecule has 0 aliphatic carbocycles. The van der Waals surface area contributed by atoms with Gasteiger partial charge in [0.1, 0.15) is 4.90 Å². The predicted molar refractivity (Wildman–Crippen MR) is 98.1 cm³/mol. The second-order valence-corrected chi connectivity index (χ2v) is 8.36. The van der Waals surface area contributed by atoms with Crippen molar-refractivity contribution in [2.24, 2.45) is 5.92 Å². The molecule has 1 saturated heterocycles. The third-order valence-electron chi connectivity index (χ3n) is 4.37. The Balaban J connectivity index is 1.60. The summed E-state index contributed by atoms with van der Waals surface area (Å²) in [7, 11) is -3.57. The van der Waals surface area contributed by atoms with Gasteiger partial charge in [0.25, 0.3) is 0 Å².